The lowest BCUT2D eigenvalue weighted by Crippen LogP contribution is -2.25. The van der Waals surface area contributed by atoms with Crippen LogP contribution in [0.25, 0.3) is 103 Å². The van der Waals surface area contributed by atoms with E-state index in [-0.39, 0.29) is 5.41 Å². The van der Waals surface area contributed by atoms with E-state index >= 15 is 0 Å². The predicted octanol–water partition coefficient (Wildman–Crippen LogP) is 15.2. The summed E-state index contributed by atoms with van der Waals surface area (Å²) >= 11 is 1.86. The maximum Gasteiger partial charge on any atom is 0.142 e. The van der Waals surface area contributed by atoms with Gasteiger partial charge >= 0.3 is 0 Å². The molecule has 3 heteroatoms. The van der Waals surface area contributed by atoms with Crippen molar-refractivity contribution in [3.05, 3.63) is 216 Å². The number of hydrogen-bond acceptors (Lipinski definition) is 2. The molecule has 0 saturated heterocycles. The molecule has 1 spiro atoms. The van der Waals surface area contributed by atoms with Crippen LogP contribution in [-0.4, -0.2) is 9.55 Å². The number of benzene rings is 9. The van der Waals surface area contributed by atoms with Crippen molar-refractivity contribution in [2.75, 3.05) is 0 Å². The molecule has 60 heavy (non-hydrogen) atoms. The Balaban J connectivity index is 1.11. The van der Waals surface area contributed by atoms with Gasteiger partial charge in [0.1, 0.15) is 5.82 Å². The fraction of sp³-hybridized carbons (Fsp3) is 0.0351. The molecule has 0 N–H and O–H groups in total. The van der Waals surface area contributed by atoms with E-state index in [1.54, 1.807) is 0 Å². The summed E-state index contributed by atoms with van der Waals surface area (Å²) in [4.78, 5) is 5.77. The Hall–Kier alpha value is -7.33. The zero-order chi connectivity index (χ0) is 39.3. The molecule has 0 atom stereocenters. The lowest BCUT2D eigenvalue weighted by molar-refractivity contribution is 0.794. The number of nitrogens with zero attached hydrogens (tertiary/aromatic N) is 2. The van der Waals surface area contributed by atoms with Crippen LogP contribution in [0.2, 0.25) is 0 Å². The van der Waals surface area contributed by atoms with Gasteiger partial charge in [-0.15, -0.1) is 11.3 Å². The minimum atomic E-state index is -0.379. The molecular formula is C57H34N2S. The summed E-state index contributed by atoms with van der Waals surface area (Å²) in [5.41, 5.74) is 17.4. The van der Waals surface area contributed by atoms with Crippen molar-refractivity contribution >= 4 is 75.0 Å². The Kier molecular flexibility index (Phi) is 6.34. The van der Waals surface area contributed by atoms with E-state index in [4.69, 9.17) is 4.98 Å². The molecule has 3 aromatic heterocycles. The third-order valence-corrected chi connectivity index (χ3v) is 14.9. The van der Waals surface area contributed by atoms with E-state index in [9.17, 15) is 0 Å². The molecule has 278 valence electrons. The van der Waals surface area contributed by atoms with E-state index in [0.717, 1.165) is 11.3 Å². The van der Waals surface area contributed by atoms with Gasteiger partial charge < -0.3 is 0 Å². The highest BCUT2D eigenvalue weighted by Gasteiger charge is 2.51. The van der Waals surface area contributed by atoms with Crippen molar-refractivity contribution < 1.29 is 0 Å². The van der Waals surface area contributed by atoms with E-state index in [1.165, 1.54) is 119 Å². The lowest BCUT2D eigenvalue weighted by Gasteiger charge is -2.30. The molecule has 3 heterocycles. The Morgan fingerprint density at radius 1 is 0.467 bits per heavy atom. The number of aromatic nitrogens is 2. The summed E-state index contributed by atoms with van der Waals surface area (Å²) in [5.74, 6) is 0.976. The standard InChI is InChI=1S/C57H34N2S/c1-33-52(37-27-29-49-44(31-37)41-20-8-12-24-48(41)57(49)46-22-10-6-18-39(46)40-19-7-11-23-47(40)57)55-53(43-21-9-13-25-51(43)60-55)58-56(33)59-50-32-36-16-3-2-15-35(36)30-45(50)42-28-26-34-14-4-5-17-38(34)54(42)59/h2-32H,1H3. The van der Waals surface area contributed by atoms with Gasteiger partial charge in [0.2, 0.25) is 0 Å². The topological polar surface area (TPSA) is 17.8 Å². The largest absolute Gasteiger partial charge is 0.293 e. The van der Waals surface area contributed by atoms with Gasteiger partial charge in [0.05, 0.1) is 26.7 Å². The van der Waals surface area contributed by atoms with Crippen molar-refractivity contribution in [2.24, 2.45) is 0 Å². The summed E-state index contributed by atoms with van der Waals surface area (Å²) in [6, 6.07) is 70.2. The van der Waals surface area contributed by atoms with Crippen LogP contribution in [0.1, 0.15) is 27.8 Å². The maximum atomic E-state index is 5.77. The first-order chi connectivity index (χ1) is 29.7. The Labute approximate surface area is 350 Å². The average molecular weight is 779 g/mol. The van der Waals surface area contributed by atoms with E-state index in [0.29, 0.717) is 0 Å². The molecule has 2 nitrogen and oxygen atoms in total. The third-order valence-electron chi connectivity index (χ3n) is 13.7. The van der Waals surface area contributed by atoms with Crippen molar-refractivity contribution in [3.63, 3.8) is 0 Å². The first-order valence-electron chi connectivity index (χ1n) is 20.8. The second kappa shape index (κ2) is 11.7. The Morgan fingerprint density at radius 2 is 1.05 bits per heavy atom. The second-order valence-corrected chi connectivity index (χ2v) is 17.6. The normalized spacial score (nSPS) is 13.6. The summed E-state index contributed by atoms with van der Waals surface area (Å²) in [5, 5.41) is 8.59. The van der Waals surface area contributed by atoms with Gasteiger partial charge in [0, 0.05) is 37.4 Å². The number of rotatable bonds is 2. The van der Waals surface area contributed by atoms with Gasteiger partial charge in [-0.25, -0.2) is 4.98 Å². The van der Waals surface area contributed by atoms with Crippen LogP contribution in [0.5, 0.6) is 0 Å². The second-order valence-electron chi connectivity index (χ2n) is 16.6. The van der Waals surface area contributed by atoms with Crippen LogP contribution in [-0.2, 0) is 5.41 Å². The molecule has 0 amide bonds. The summed E-state index contributed by atoms with van der Waals surface area (Å²) in [7, 11) is 0. The summed E-state index contributed by atoms with van der Waals surface area (Å²) in [6.45, 7) is 2.30. The van der Waals surface area contributed by atoms with Crippen LogP contribution in [0.4, 0.5) is 0 Å². The number of pyridine rings is 1. The van der Waals surface area contributed by atoms with E-state index in [1.807, 2.05) is 11.3 Å². The highest BCUT2D eigenvalue weighted by Crippen LogP contribution is 2.63. The molecule has 0 unspecified atom stereocenters. The smallest absolute Gasteiger partial charge is 0.142 e. The molecule has 0 radical (unpaired) electrons. The molecule has 2 aliphatic rings. The van der Waals surface area contributed by atoms with E-state index < -0.39 is 0 Å². The monoisotopic (exact) mass is 778 g/mol. The Bertz CT molecular complexity index is 3820. The van der Waals surface area contributed by atoms with Crippen molar-refractivity contribution in [2.45, 2.75) is 12.3 Å². The number of fused-ring (bicyclic) bond motifs is 19. The average Bonchev–Trinajstić information content (AvgIpc) is 4.01. The van der Waals surface area contributed by atoms with Crippen LogP contribution in [0.3, 0.4) is 0 Å². The highest BCUT2D eigenvalue weighted by atomic mass is 32.1. The molecule has 9 aromatic carbocycles. The first kappa shape index (κ1) is 32.6. The fourth-order valence-electron chi connectivity index (χ4n) is 11.3. The van der Waals surface area contributed by atoms with Crippen molar-refractivity contribution in [1.29, 1.82) is 0 Å². The van der Waals surface area contributed by atoms with Gasteiger partial charge in [-0.1, -0.05) is 164 Å². The molecule has 0 fully saturated rings. The molecule has 2 aliphatic carbocycles. The fourth-order valence-corrected chi connectivity index (χ4v) is 12.6. The first-order valence-corrected chi connectivity index (χ1v) is 21.6. The molecule has 0 saturated carbocycles. The van der Waals surface area contributed by atoms with Crippen LogP contribution in [0, 0.1) is 6.92 Å². The van der Waals surface area contributed by atoms with Crippen LogP contribution < -0.4 is 0 Å². The number of thiophene rings is 1. The van der Waals surface area contributed by atoms with Gasteiger partial charge in [-0.2, -0.15) is 0 Å². The molecule has 0 bridgehead atoms. The summed E-state index contributed by atoms with van der Waals surface area (Å²) < 4.78 is 4.96. The minimum absolute atomic E-state index is 0.379. The lowest BCUT2D eigenvalue weighted by atomic mass is 9.70. The summed E-state index contributed by atoms with van der Waals surface area (Å²) in [6.07, 6.45) is 0. The molecule has 0 aliphatic heterocycles. The third kappa shape index (κ3) is 4.01. The number of hydrogen-bond donors (Lipinski definition) is 0. The highest BCUT2D eigenvalue weighted by molar-refractivity contribution is 7.26. The van der Waals surface area contributed by atoms with Crippen molar-refractivity contribution in [1.82, 2.24) is 9.55 Å². The van der Waals surface area contributed by atoms with Crippen LogP contribution >= 0.6 is 11.3 Å². The van der Waals surface area contributed by atoms with Crippen molar-refractivity contribution in [3.8, 4) is 39.2 Å². The van der Waals surface area contributed by atoms with Gasteiger partial charge in [0.25, 0.3) is 0 Å². The zero-order valence-electron chi connectivity index (χ0n) is 32.7. The molecular weight excluding hydrogens is 745 g/mol. The predicted molar refractivity (Wildman–Crippen MR) is 253 cm³/mol. The maximum absolute atomic E-state index is 5.77. The van der Waals surface area contributed by atoms with E-state index in [2.05, 4.69) is 200 Å². The molecule has 14 rings (SSSR count). The van der Waals surface area contributed by atoms with Crippen LogP contribution in [0.15, 0.2) is 188 Å². The zero-order valence-corrected chi connectivity index (χ0v) is 33.5. The quantitative estimate of drug-likeness (QED) is 0.171. The molecule has 12 aromatic rings. The Morgan fingerprint density at radius 3 is 1.78 bits per heavy atom. The van der Waals surface area contributed by atoms with Gasteiger partial charge in [-0.05, 0) is 97.4 Å². The SMILES string of the molecule is Cc1c(-n2c3cc4ccccc4cc3c3ccc4ccccc4c32)nc2c(sc3ccccc32)c1-c1ccc2c(c1)-c1ccccc1C21c2ccccc2-c2ccccc21. The van der Waals surface area contributed by atoms with Gasteiger partial charge in [0.15, 0.2) is 0 Å². The minimum Gasteiger partial charge on any atom is -0.293 e. The van der Waals surface area contributed by atoms with Gasteiger partial charge in [-0.3, -0.25) is 4.57 Å².